The molecule has 1 heterocycles. The molecular formula is C19H20N4O2S. The number of nitriles is 2. The van der Waals surface area contributed by atoms with Gasteiger partial charge in [-0.05, 0) is 31.2 Å². The van der Waals surface area contributed by atoms with Gasteiger partial charge in [0.15, 0.2) is 0 Å². The minimum atomic E-state index is -0.112. The smallest absolute Gasteiger partial charge is 0.228 e. The lowest BCUT2D eigenvalue weighted by Gasteiger charge is -2.19. The van der Waals surface area contributed by atoms with E-state index in [1.807, 2.05) is 48.7 Å². The zero-order chi connectivity index (χ0) is 18.8. The molecule has 0 aliphatic carbocycles. The highest BCUT2D eigenvalue weighted by Crippen LogP contribution is 2.26. The van der Waals surface area contributed by atoms with Gasteiger partial charge in [-0.3, -0.25) is 4.79 Å². The largest absolute Gasteiger partial charge is 0.494 e. The summed E-state index contributed by atoms with van der Waals surface area (Å²) in [5.74, 6) is 0.702. The number of aromatic nitrogens is 1. The van der Waals surface area contributed by atoms with Crippen LogP contribution in [0.4, 0.5) is 0 Å². The number of hydrogen-bond acceptors (Lipinski definition) is 6. The van der Waals surface area contributed by atoms with E-state index < -0.39 is 0 Å². The molecule has 0 fully saturated rings. The van der Waals surface area contributed by atoms with Gasteiger partial charge in [-0.15, -0.1) is 11.3 Å². The SMILES string of the molecule is CCOc1ccc(-c2nc(CC(=O)N(CCC#N)CCC#N)cs2)cc1. The van der Waals surface area contributed by atoms with Crippen LogP contribution in [-0.4, -0.2) is 35.5 Å². The number of hydrogen-bond donors (Lipinski definition) is 0. The van der Waals surface area contributed by atoms with Gasteiger partial charge >= 0.3 is 0 Å². The maximum absolute atomic E-state index is 12.4. The van der Waals surface area contributed by atoms with Gasteiger partial charge in [0.05, 0.1) is 43.7 Å². The zero-order valence-corrected chi connectivity index (χ0v) is 15.5. The van der Waals surface area contributed by atoms with Gasteiger partial charge in [0.1, 0.15) is 10.8 Å². The Bertz CT molecular complexity index is 784. The van der Waals surface area contributed by atoms with Gasteiger partial charge in [-0.1, -0.05) is 0 Å². The second kappa shape index (κ2) is 10.2. The molecule has 1 aromatic carbocycles. The van der Waals surface area contributed by atoms with E-state index >= 15 is 0 Å². The van der Waals surface area contributed by atoms with Gasteiger partial charge in [0.2, 0.25) is 5.91 Å². The summed E-state index contributed by atoms with van der Waals surface area (Å²) in [4.78, 5) is 18.5. The average molecular weight is 368 g/mol. The van der Waals surface area contributed by atoms with Crippen molar-refractivity contribution in [3.05, 3.63) is 35.3 Å². The average Bonchev–Trinajstić information content (AvgIpc) is 3.11. The summed E-state index contributed by atoms with van der Waals surface area (Å²) in [5, 5.41) is 20.2. The van der Waals surface area contributed by atoms with Crippen molar-refractivity contribution in [2.24, 2.45) is 0 Å². The first kappa shape index (κ1) is 19.4. The van der Waals surface area contributed by atoms with E-state index in [0.29, 0.717) is 25.4 Å². The quantitative estimate of drug-likeness (QED) is 0.676. The van der Waals surface area contributed by atoms with Crippen LogP contribution in [0, 0.1) is 22.7 Å². The van der Waals surface area contributed by atoms with Crippen molar-refractivity contribution in [2.45, 2.75) is 26.2 Å². The first-order chi connectivity index (χ1) is 12.7. The molecule has 0 radical (unpaired) electrons. The number of nitrogens with zero attached hydrogens (tertiary/aromatic N) is 4. The molecule has 134 valence electrons. The summed E-state index contributed by atoms with van der Waals surface area (Å²) >= 11 is 1.48. The molecule has 0 N–H and O–H groups in total. The van der Waals surface area contributed by atoms with Gasteiger partial charge in [-0.25, -0.2) is 4.98 Å². The lowest BCUT2D eigenvalue weighted by atomic mass is 10.2. The zero-order valence-electron chi connectivity index (χ0n) is 14.6. The Kier molecular flexibility index (Phi) is 7.60. The van der Waals surface area contributed by atoms with Crippen molar-refractivity contribution in [3.63, 3.8) is 0 Å². The molecule has 26 heavy (non-hydrogen) atoms. The summed E-state index contributed by atoms with van der Waals surface area (Å²) in [6.07, 6.45) is 0.682. The van der Waals surface area contributed by atoms with Gasteiger partial charge in [0.25, 0.3) is 0 Å². The Balaban J connectivity index is 2.02. The third kappa shape index (κ3) is 5.58. The van der Waals surface area contributed by atoms with Crippen molar-refractivity contribution in [2.75, 3.05) is 19.7 Å². The number of carbonyl (C=O) groups is 1. The molecule has 1 amide bonds. The third-order valence-corrected chi connectivity index (χ3v) is 4.58. The molecule has 0 saturated carbocycles. The lowest BCUT2D eigenvalue weighted by molar-refractivity contribution is -0.130. The summed E-state index contributed by atoms with van der Waals surface area (Å²) in [6, 6.07) is 11.8. The van der Waals surface area contributed by atoms with E-state index in [9.17, 15) is 4.79 Å². The van der Waals surface area contributed by atoms with E-state index in [2.05, 4.69) is 4.98 Å². The molecule has 6 nitrogen and oxygen atoms in total. The van der Waals surface area contributed by atoms with Crippen molar-refractivity contribution < 1.29 is 9.53 Å². The van der Waals surface area contributed by atoms with Crippen LogP contribution in [0.5, 0.6) is 5.75 Å². The number of benzene rings is 1. The van der Waals surface area contributed by atoms with Crippen LogP contribution in [0.25, 0.3) is 10.6 Å². The molecule has 0 atom stereocenters. The highest BCUT2D eigenvalue weighted by atomic mass is 32.1. The first-order valence-corrected chi connectivity index (χ1v) is 9.25. The molecule has 2 rings (SSSR count). The molecule has 1 aromatic heterocycles. The Morgan fingerprint density at radius 2 is 1.85 bits per heavy atom. The van der Waals surface area contributed by atoms with Crippen LogP contribution in [-0.2, 0) is 11.2 Å². The third-order valence-electron chi connectivity index (χ3n) is 3.64. The van der Waals surface area contributed by atoms with E-state index in [1.165, 1.54) is 11.3 Å². The maximum atomic E-state index is 12.4. The minimum absolute atomic E-state index is 0.112. The molecule has 0 aliphatic heterocycles. The van der Waals surface area contributed by atoms with Crippen LogP contribution in [0.2, 0.25) is 0 Å². The predicted octanol–water partition coefficient (Wildman–Crippen LogP) is 3.41. The second-order valence-electron chi connectivity index (χ2n) is 5.48. The predicted molar refractivity (Wildman–Crippen MR) is 99.5 cm³/mol. The normalized spacial score (nSPS) is 9.96. The van der Waals surface area contributed by atoms with Crippen LogP contribution in [0.1, 0.15) is 25.5 Å². The maximum Gasteiger partial charge on any atom is 0.228 e. The van der Waals surface area contributed by atoms with E-state index in [-0.39, 0.29) is 25.2 Å². The summed E-state index contributed by atoms with van der Waals surface area (Å²) in [7, 11) is 0. The van der Waals surface area contributed by atoms with Gasteiger partial charge < -0.3 is 9.64 Å². The summed E-state index contributed by atoms with van der Waals surface area (Å²) < 4.78 is 5.43. The fourth-order valence-corrected chi connectivity index (χ4v) is 3.20. The van der Waals surface area contributed by atoms with Crippen molar-refractivity contribution >= 4 is 17.2 Å². The molecule has 2 aromatic rings. The van der Waals surface area contributed by atoms with Crippen LogP contribution >= 0.6 is 11.3 Å². The molecule has 0 aliphatic rings. The second-order valence-corrected chi connectivity index (χ2v) is 6.33. The highest BCUT2D eigenvalue weighted by molar-refractivity contribution is 7.13. The molecule has 7 heteroatoms. The van der Waals surface area contributed by atoms with E-state index in [4.69, 9.17) is 15.3 Å². The Hall–Kier alpha value is -2.90. The molecule has 0 bridgehead atoms. The van der Waals surface area contributed by atoms with Crippen LogP contribution in [0.15, 0.2) is 29.6 Å². The number of ether oxygens (including phenoxy) is 1. The van der Waals surface area contributed by atoms with Crippen LogP contribution < -0.4 is 4.74 Å². The summed E-state index contributed by atoms with van der Waals surface area (Å²) in [6.45, 7) is 3.24. The Morgan fingerprint density at radius 3 is 2.42 bits per heavy atom. The number of rotatable bonds is 9. The number of thiazole rings is 1. The van der Waals surface area contributed by atoms with Crippen molar-refractivity contribution in [3.8, 4) is 28.5 Å². The lowest BCUT2D eigenvalue weighted by Crippen LogP contribution is -2.34. The Morgan fingerprint density at radius 1 is 1.19 bits per heavy atom. The molecule has 0 saturated heterocycles. The van der Waals surface area contributed by atoms with Crippen molar-refractivity contribution in [1.29, 1.82) is 10.5 Å². The van der Waals surface area contributed by atoms with E-state index in [1.54, 1.807) is 4.90 Å². The summed E-state index contributed by atoms with van der Waals surface area (Å²) in [5.41, 5.74) is 1.67. The van der Waals surface area contributed by atoms with E-state index in [0.717, 1.165) is 16.3 Å². The van der Waals surface area contributed by atoms with Crippen molar-refractivity contribution in [1.82, 2.24) is 9.88 Å². The van der Waals surface area contributed by atoms with Crippen LogP contribution in [0.3, 0.4) is 0 Å². The minimum Gasteiger partial charge on any atom is -0.494 e. The fourth-order valence-electron chi connectivity index (χ4n) is 2.38. The monoisotopic (exact) mass is 368 g/mol. The number of carbonyl (C=O) groups excluding carboxylic acids is 1. The molecule has 0 spiro atoms. The standard InChI is InChI=1S/C19H20N4O2S/c1-2-25-17-7-5-15(6-8-17)19-22-16(14-26-19)13-18(24)23(11-3-9-20)12-4-10-21/h5-8,14H,2-4,11-13H2,1H3. The fraction of sp³-hybridized carbons (Fsp3) is 0.368. The Labute approximate surface area is 157 Å². The molecular weight excluding hydrogens is 348 g/mol. The topological polar surface area (TPSA) is 90.0 Å². The molecule has 0 unspecified atom stereocenters. The number of amides is 1. The first-order valence-electron chi connectivity index (χ1n) is 8.37. The van der Waals surface area contributed by atoms with Gasteiger partial charge in [0, 0.05) is 24.0 Å². The van der Waals surface area contributed by atoms with Gasteiger partial charge in [-0.2, -0.15) is 10.5 Å². The highest BCUT2D eigenvalue weighted by Gasteiger charge is 2.15.